The van der Waals surface area contributed by atoms with Gasteiger partial charge in [0.1, 0.15) is 13.2 Å². The molecular weight excluding hydrogens is 250 g/mol. The number of nitrogens with one attached hydrogen (secondary N) is 1. The number of benzene rings is 2. The van der Waals surface area contributed by atoms with Gasteiger partial charge >= 0.3 is 0 Å². The van der Waals surface area contributed by atoms with Crippen LogP contribution in [0, 0.1) is 6.92 Å². The monoisotopic (exact) mass is 269 g/mol. The fourth-order valence-electron chi connectivity index (χ4n) is 2.32. The van der Waals surface area contributed by atoms with Crippen LogP contribution in [-0.2, 0) is 13.1 Å². The molecular formula is C17H19NO2. The quantitative estimate of drug-likeness (QED) is 0.925. The van der Waals surface area contributed by atoms with Crippen LogP contribution in [-0.4, -0.2) is 13.2 Å². The van der Waals surface area contributed by atoms with Crippen molar-refractivity contribution in [2.24, 2.45) is 0 Å². The second-order valence-corrected chi connectivity index (χ2v) is 5.03. The normalized spacial score (nSPS) is 13.2. The molecule has 1 heterocycles. The van der Waals surface area contributed by atoms with Gasteiger partial charge in [0.25, 0.3) is 0 Å². The molecule has 3 heteroatoms. The zero-order valence-electron chi connectivity index (χ0n) is 11.7. The topological polar surface area (TPSA) is 30.5 Å². The third-order valence-corrected chi connectivity index (χ3v) is 3.41. The Labute approximate surface area is 119 Å². The molecule has 0 amide bonds. The summed E-state index contributed by atoms with van der Waals surface area (Å²) in [4.78, 5) is 0. The molecule has 0 saturated carbocycles. The van der Waals surface area contributed by atoms with Crippen LogP contribution in [0.5, 0.6) is 11.5 Å². The van der Waals surface area contributed by atoms with E-state index in [2.05, 4.69) is 42.6 Å². The van der Waals surface area contributed by atoms with Crippen molar-refractivity contribution >= 4 is 0 Å². The van der Waals surface area contributed by atoms with Gasteiger partial charge in [0, 0.05) is 18.7 Å². The third-order valence-electron chi connectivity index (χ3n) is 3.41. The number of hydrogen-bond donors (Lipinski definition) is 1. The Morgan fingerprint density at radius 2 is 1.75 bits per heavy atom. The average Bonchev–Trinajstić information content (AvgIpc) is 2.49. The summed E-state index contributed by atoms with van der Waals surface area (Å²) in [6, 6.07) is 14.6. The van der Waals surface area contributed by atoms with Crippen LogP contribution < -0.4 is 14.8 Å². The van der Waals surface area contributed by atoms with Crippen molar-refractivity contribution in [2.75, 3.05) is 13.2 Å². The van der Waals surface area contributed by atoms with Crippen LogP contribution in [0.15, 0.2) is 42.5 Å². The van der Waals surface area contributed by atoms with Gasteiger partial charge in [-0.2, -0.15) is 0 Å². The van der Waals surface area contributed by atoms with E-state index in [-0.39, 0.29) is 0 Å². The molecule has 3 nitrogen and oxygen atoms in total. The molecule has 0 aromatic heterocycles. The molecule has 3 rings (SSSR count). The number of aryl methyl sites for hydroxylation is 1. The predicted octanol–water partition coefficient (Wildman–Crippen LogP) is 3.06. The SMILES string of the molecule is Cc1ccc(CNCc2cccc3c2OCCO3)cc1. The molecule has 0 fully saturated rings. The Morgan fingerprint density at radius 3 is 2.60 bits per heavy atom. The minimum Gasteiger partial charge on any atom is -0.486 e. The van der Waals surface area contributed by atoms with Crippen molar-refractivity contribution in [3.8, 4) is 11.5 Å². The second kappa shape index (κ2) is 5.97. The van der Waals surface area contributed by atoms with Crippen LogP contribution in [0.4, 0.5) is 0 Å². The van der Waals surface area contributed by atoms with E-state index in [1.807, 2.05) is 12.1 Å². The summed E-state index contributed by atoms with van der Waals surface area (Å²) in [6.45, 7) is 4.99. The molecule has 1 aliphatic heterocycles. The summed E-state index contributed by atoms with van der Waals surface area (Å²) in [5, 5.41) is 3.45. The molecule has 0 aliphatic carbocycles. The smallest absolute Gasteiger partial charge is 0.165 e. The summed E-state index contributed by atoms with van der Waals surface area (Å²) >= 11 is 0. The zero-order valence-corrected chi connectivity index (χ0v) is 11.7. The molecule has 1 N–H and O–H groups in total. The van der Waals surface area contributed by atoms with E-state index in [9.17, 15) is 0 Å². The van der Waals surface area contributed by atoms with Crippen molar-refractivity contribution in [1.82, 2.24) is 5.32 Å². The van der Waals surface area contributed by atoms with Gasteiger partial charge in [-0.1, -0.05) is 42.0 Å². The van der Waals surface area contributed by atoms with E-state index in [1.165, 1.54) is 11.1 Å². The summed E-state index contributed by atoms with van der Waals surface area (Å²) in [5.41, 5.74) is 3.73. The Hall–Kier alpha value is -2.00. The average molecular weight is 269 g/mol. The minimum absolute atomic E-state index is 0.627. The predicted molar refractivity (Wildman–Crippen MR) is 79.2 cm³/mol. The Bertz CT molecular complexity index is 578. The summed E-state index contributed by atoms with van der Waals surface area (Å²) in [5.74, 6) is 1.74. The van der Waals surface area contributed by atoms with Crippen molar-refractivity contribution in [3.63, 3.8) is 0 Å². The van der Waals surface area contributed by atoms with Gasteiger partial charge in [0.15, 0.2) is 11.5 Å². The maximum atomic E-state index is 5.71. The van der Waals surface area contributed by atoms with Gasteiger partial charge in [0.05, 0.1) is 0 Å². The zero-order chi connectivity index (χ0) is 13.8. The molecule has 104 valence electrons. The summed E-state index contributed by atoms with van der Waals surface area (Å²) in [6.07, 6.45) is 0. The molecule has 0 bridgehead atoms. The van der Waals surface area contributed by atoms with Crippen molar-refractivity contribution in [3.05, 3.63) is 59.2 Å². The van der Waals surface area contributed by atoms with Crippen LogP contribution in [0.25, 0.3) is 0 Å². The lowest BCUT2D eigenvalue weighted by molar-refractivity contribution is 0.169. The highest BCUT2D eigenvalue weighted by atomic mass is 16.6. The highest BCUT2D eigenvalue weighted by Crippen LogP contribution is 2.33. The largest absolute Gasteiger partial charge is 0.486 e. The van der Waals surface area contributed by atoms with Crippen molar-refractivity contribution in [2.45, 2.75) is 20.0 Å². The molecule has 20 heavy (non-hydrogen) atoms. The van der Waals surface area contributed by atoms with Gasteiger partial charge in [0.2, 0.25) is 0 Å². The fourth-order valence-corrected chi connectivity index (χ4v) is 2.32. The molecule has 2 aromatic rings. The molecule has 0 saturated heterocycles. The highest BCUT2D eigenvalue weighted by Gasteiger charge is 2.14. The third kappa shape index (κ3) is 2.94. The van der Waals surface area contributed by atoms with Crippen molar-refractivity contribution < 1.29 is 9.47 Å². The van der Waals surface area contributed by atoms with Gasteiger partial charge < -0.3 is 14.8 Å². The fraction of sp³-hybridized carbons (Fsp3) is 0.294. The first-order chi connectivity index (χ1) is 9.83. The summed E-state index contributed by atoms with van der Waals surface area (Å²) < 4.78 is 11.3. The van der Waals surface area contributed by atoms with Crippen LogP contribution >= 0.6 is 0 Å². The number of rotatable bonds is 4. The molecule has 1 aliphatic rings. The van der Waals surface area contributed by atoms with E-state index in [0.29, 0.717) is 13.2 Å². The van der Waals surface area contributed by atoms with Gasteiger partial charge in [-0.3, -0.25) is 0 Å². The lowest BCUT2D eigenvalue weighted by Crippen LogP contribution is -2.19. The lowest BCUT2D eigenvalue weighted by Gasteiger charge is -2.21. The lowest BCUT2D eigenvalue weighted by atomic mass is 10.1. The van der Waals surface area contributed by atoms with E-state index in [0.717, 1.165) is 30.2 Å². The van der Waals surface area contributed by atoms with E-state index in [1.54, 1.807) is 0 Å². The minimum atomic E-state index is 0.627. The molecule has 0 spiro atoms. The summed E-state index contributed by atoms with van der Waals surface area (Å²) in [7, 11) is 0. The Balaban J connectivity index is 1.62. The molecule has 0 unspecified atom stereocenters. The molecule has 0 atom stereocenters. The number of fused-ring (bicyclic) bond motifs is 1. The van der Waals surface area contributed by atoms with E-state index >= 15 is 0 Å². The van der Waals surface area contributed by atoms with Crippen LogP contribution in [0.1, 0.15) is 16.7 Å². The number of para-hydroxylation sites is 1. The maximum Gasteiger partial charge on any atom is 0.165 e. The van der Waals surface area contributed by atoms with Crippen LogP contribution in [0.2, 0.25) is 0 Å². The standard InChI is InChI=1S/C17H19NO2/c1-13-5-7-14(8-6-13)11-18-12-15-3-2-4-16-17(15)20-10-9-19-16/h2-8,18H,9-12H2,1H3. The van der Waals surface area contributed by atoms with E-state index < -0.39 is 0 Å². The first-order valence-electron chi connectivity index (χ1n) is 6.97. The Kier molecular flexibility index (Phi) is 3.88. The van der Waals surface area contributed by atoms with Gasteiger partial charge in [-0.15, -0.1) is 0 Å². The van der Waals surface area contributed by atoms with Crippen molar-refractivity contribution in [1.29, 1.82) is 0 Å². The first-order valence-corrected chi connectivity index (χ1v) is 6.97. The number of hydrogen-bond acceptors (Lipinski definition) is 3. The number of ether oxygens (including phenoxy) is 2. The van der Waals surface area contributed by atoms with Gasteiger partial charge in [-0.25, -0.2) is 0 Å². The maximum absolute atomic E-state index is 5.71. The Morgan fingerprint density at radius 1 is 0.950 bits per heavy atom. The van der Waals surface area contributed by atoms with Crippen LogP contribution in [0.3, 0.4) is 0 Å². The first kappa shape index (κ1) is 13.0. The second-order valence-electron chi connectivity index (χ2n) is 5.03. The molecule has 0 radical (unpaired) electrons. The molecule has 2 aromatic carbocycles. The van der Waals surface area contributed by atoms with Gasteiger partial charge in [-0.05, 0) is 18.6 Å². The van der Waals surface area contributed by atoms with E-state index in [4.69, 9.17) is 9.47 Å². The highest BCUT2D eigenvalue weighted by molar-refractivity contribution is 5.47.